The maximum Gasteiger partial charge on any atom is 0.182 e. The maximum atomic E-state index is 13.9. The van der Waals surface area contributed by atoms with Gasteiger partial charge in [-0.2, -0.15) is 0 Å². The van der Waals surface area contributed by atoms with E-state index < -0.39 is 5.82 Å². The molecule has 0 radical (unpaired) electrons. The maximum absolute atomic E-state index is 13.9. The Morgan fingerprint density at radius 2 is 2.19 bits per heavy atom. The molecule has 26 heavy (non-hydrogen) atoms. The second-order valence-electron chi connectivity index (χ2n) is 5.29. The first-order valence-electron chi connectivity index (χ1n) is 7.64. The second kappa shape index (κ2) is 8.70. The van der Waals surface area contributed by atoms with Gasteiger partial charge < -0.3 is 14.8 Å². The fraction of sp³-hybridized carbons (Fsp3) is 0.167. The first-order valence-corrected chi connectivity index (χ1v) is 9.69. The lowest BCUT2D eigenvalue weighted by molar-refractivity contribution is 0.278. The molecule has 8 heteroatoms. The molecule has 3 rings (SSSR count). The van der Waals surface area contributed by atoms with Gasteiger partial charge in [0.05, 0.1) is 16.6 Å². The van der Waals surface area contributed by atoms with E-state index in [9.17, 15) is 4.39 Å². The normalized spacial score (nSPS) is 10.6. The van der Waals surface area contributed by atoms with Gasteiger partial charge in [-0.05, 0) is 45.8 Å². The number of benzene rings is 2. The van der Waals surface area contributed by atoms with Crippen LogP contribution in [0.3, 0.4) is 0 Å². The third-order valence-corrected chi connectivity index (χ3v) is 5.26. The largest absolute Gasteiger partial charge is 0.493 e. The van der Waals surface area contributed by atoms with E-state index in [0.29, 0.717) is 33.1 Å². The Kier molecular flexibility index (Phi) is 6.34. The molecule has 1 aromatic heterocycles. The van der Waals surface area contributed by atoms with Crippen LogP contribution in [0.25, 0.3) is 0 Å². The molecule has 4 nitrogen and oxygen atoms in total. The van der Waals surface area contributed by atoms with E-state index >= 15 is 0 Å². The summed E-state index contributed by atoms with van der Waals surface area (Å²) in [6, 6.07) is 8.32. The molecule has 0 saturated heterocycles. The number of hydrogen-bond donors (Lipinski definition) is 1. The van der Waals surface area contributed by atoms with Gasteiger partial charge in [0.15, 0.2) is 16.6 Å². The molecule has 0 unspecified atom stereocenters. The Morgan fingerprint density at radius 3 is 2.88 bits per heavy atom. The van der Waals surface area contributed by atoms with Crippen molar-refractivity contribution in [2.24, 2.45) is 0 Å². The molecular formula is C18H15BrClFN2O2S. The average molecular weight is 458 g/mol. The Balaban J connectivity index is 1.76. The average Bonchev–Trinajstić information content (AvgIpc) is 3.14. The van der Waals surface area contributed by atoms with Crippen molar-refractivity contribution in [2.75, 3.05) is 12.4 Å². The summed E-state index contributed by atoms with van der Waals surface area (Å²) in [7, 11) is 1.56. The SMILES string of the molecule is COc1cc(CNc2nccs2)cc(Br)c1OCc1c(F)cccc1Cl. The Labute approximate surface area is 168 Å². The lowest BCUT2D eigenvalue weighted by Crippen LogP contribution is -2.04. The van der Waals surface area contributed by atoms with Gasteiger partial charge in [0.25, 0.3) is 0 Å². The van der Waals surface area contributed by atoms with Gasteiger partial charge >= 0.3 is 0 Å². The number of anilines is 1. The van der Waals surface area contributed by atoms with E-state index in [4.69, 9.17) is 21.1 Å². The van der Waals surface area contributed by atoms with E-state index in [2.05, 4.69) is 26.2 Å². The zero-order valence-corrected chi connectivity index (χ0v) is 16.9. The zero-order chi connectivity index (χ0) is 18.5. The first-order chi connectivity index (χ1) is 12.6. The van der Waals surface area contributed by atoms with Crippen molar-refractivity contribution in [1.29, 1.82) is 0 Å². The molecule has 136 valence electrons. The highest BCUT2D eigenvalue weighted by Crippen LogP contribution is 2.38. The van der Waals surface area contributed by atoms with Crippen LogP contribution in [-0.4, -0.2) is 12.1 Å². The third kappa shape index (κ3) is 4.47. The molecule has 0 saturated carbocycles. The van der Waals surface area contributed by atoms with Gasteiger partial charge in [0.2, 0.25) is 0 Å². The van der Waals surface area contributed by atoms with Gasteiger partial charge in [0.1, 0.15) is 12.4 Å². The Hall–Kier alpha value is -1.83. The standard InChI is InChI=1S/C18H15BrClFN2O2S/c1-24-16-8-11(9-23-18-22-5-6-26-18)7-13(19)17(16)25-10-12-14(20)3-2-4-15(12)21/h2-8H,9-10H2,1H3,(H,22,23). The van der Waals surface area contributed by atoms with E-state index in [1.807, 2.05) is 17.5 Å². The van der Waals surface area contributed by atoms with Gasteiger partial charge in [-0.25, -0.2) is 9.37 Å². The molecule has 0 aliphatic carbocycles. The number of ether oxygens (including phenoxy) is 2. The van der Waals surface area contributed by atoms with Gasteiger partial charge in [-0.3, -0.25) is 0 Å². The molecule has 0 bridgehead atoms. The number of aromatic nitrogens is 1. The topological polar surface area (TPSA) is 43.4 Å². The van der Waals surface area contributed by atoms with Crippen molar-refractivity contribution in [3.05, 3.63) is 68.3 Å². The molecule has 0 fully saturated rings. The van der Waals surface area contributed by atoms with Gasteiger partial charge in [-0.1, -0.05) is 17.7 Å². The molecular weight excluding hydrogens is 443 g/mol. The molecule has 1 heterocycles. The summed E-state index contributed by atoms with van der Waals surface area (Å²) in [4.78, 5) is 4.19. The Morgan fingerprint density at radius 1 is 1.35 bits per heavy atom. The monoisotopic (exact) mass is 456 g/mol. The molecule has 2 aromatic carbocycles. The zero-order valence-electron chi connectivity index (χ0n) is 13.8. The first kappa shape index (κ1) is 18.9. The smallest absolute Gasteiger partial charge is 0.182 e. The van der Waals surface area contributed by atoms with Crippen molar-refractivity contribution in [3.63, 3.8) is 0 Å². The summed E-state index contributed by atoms with van der Waals surface area (Å²) in [5, 5.41) is 6.31. The van der Waals surface area contributed by atoms with Crippen LogP contribution < -0.4 is 14.8 Å². The second-order valence-corrected chi connectivity index (χ2v) is 7.44. The molecule has 0 aliphatic rings. The summed E-state index contributed by atoms with van der Waals surface area (Å²) in [5.41, 5.74) is 1.29. The van der Waals surface area contributed by atoms with Crippen LogP contribution >= 0.6 is 38.9 Å². The highest BCUT2D eigenvalue weighted by atomic mass is 79.9. The van der Waals surface area contributed by atoms with Crippen LogP contribution in [0.5, 0.6) is 11.5 Å². The lowest BCUT2D eigenvalue weighted by Gasteiger charge is -2.15. The predicted molar refractivity (Wildman–Crippen MR) is 106 cm³/mol. The molecule has 1 N–H and O–H groups in total. The molecule has 0 spiro atoms. The lowest BCUT2D eigenvalue weighted by atomic mass is 10.2. The van der Waals surface area contributed by atoms with Crippen LogP contribution in [0.1, 0.15) is 11.1 Å². The van der Waals surface area contributed by atoms with Gasteiger partial charge in [0, 0.05) is 23.7 Å². The minimum atomic E-state index is -0.406. The fourth-order valence-electron chi connectivity index (χ4n) is 2.32. The molecule has 3 aromatic rings. The van der Waals surface area contributed by atoms with Crippen molar-refractivity contribution in [2.45, 2.75) is 13.2 Å². The quantitative estimate of drug-likeness (QED) is 0.480. The third-order valence-electron chi connectivity index (χ3n) is 3.59. The van der Waals surface area contributed by atoms with Crippen molar-refractivity contribution < 1.29 is 13.9 Å². The van der Waals surface area contributed by atoms with Crippen molar-refractivity contribution in [1.82, 2.24) is 4.98 Å². The van der Waals surface area contributed by atoms with Crippen LogP contribution in [0.4, 0.5) is 9.52 Å². The predicted octanol–water partition coefficient (Wildman–Crippen LogP) is 5.90. The van der Waals surface area contributed by atoms with E-state index in [0.717, 1.165) is 10.7 Å². The number of thiazole rings is 1. The highest BCUT2D eigenvalue weighted by molar-refractivity contribution is 9.10. The van der Waals surface area contributed by atoms with E-state index in [-0.39, 0.29) is 6.61 Å². The number of methoxy groups -OCH3 is 1. The summed E-state index contributed by atoms with van der Waals surface area (Å²) in [5.74, 6) is 0.629. The number of rotatable bonds is 7. The molecule has 0 aliphatic heterocycles. The summed E-state index contributed by atoms with van der Waals surface area (Å²) in [6.45, 7) is 0.582. The number of nitrogens with zero attached hydrogens (tertiary/aromatic N) is 1. The van der Waals surface area contributed by atoms with Crippen LogP contribution in [0.2, 0.25) is 5.02 Å². The summed E-state index contributed by atoms with van der Waals surface area (Å²) in [6.07, 6.45) is 1.74. The summed E-state index contributed by atoms with van der Waals surface area (Å²) < 4.78 is 25.8. The van der Waals surface area contributed by atoms with Crippen molar-refractivity contribution in [3.8, 4) is 11.5 Å². The minimum absolute atomic E-state index is 0.00280. The number of halogens is 3. The fourth-order valence-corrected chi connectivity index (χ4v) is 3.67. The Bertz CT molecular complexity index is 873. The molecule has 0 amide bonds. The van der Waals surface area contributed by atoms with Crippen LogP contribution in [0.15, 0.2) is 46.4 Å². The van der Waals surface area contributed by atoms with Crippen LogP contribution in [0, 0.1) is 5.82 Å². The van der Waals surface area contributed by atoms with Gasteiger partial charge in [-0.15, -0.1) is 11.3 Å². The van der Waals surface area contributed by atoms with Crippen molar-refractivity contribution >= 4 is 44.0 Å². The number of hydrogen-bond acceptors (Lipinski definition) is 5. The van der Waals surface area contributed by atoms with E-state index in [1.54, 1.807) is 25.4 Å². The minimum Gasteiger partial charge on any atom is -0.493 e. The molecule has 0 atom stereocenters. The van der Waals surface area contributed by atoms with Crippen LogP contribution in [-0.2, 0) is 13.2 Å². The van der Waals surface area contributed by atoms with E-state index in [1.165, 1.54) is 17.4 Å². The highest BCUT2D eigenvalue weighted by Gasteiger charge is 2.14. The summed E-state index contributed by atoms with van der Waals surface area (Å²) >= 11 is 11.1. The number of nitrogens with one attached hydrogen (secondary N) is 1.